The van der Waals surface area contributed by atoms with Crippen LogP contribution in [0.5, 0.6) is 0 Å². The highest BCUT2D eigenvalue weighted by Crippen LogP contribution is 2.74. The summed E-state index contributed by atoms with van der Waals surface area (Å²) in [5.74, 6) is 0. The van der Waals surface area contributed by atoms with E-state index >= 15 is 0 Å². The van der Waals surface area contributed by atoms with E-state index in [1.54, 1.807) is 0 Å². The van der Waals surface area contributed by atoms with E-state index in [1.807, 2.05) is 0 Å². The van der Waals surface area contributed by atoms with Crippen molar-refractivity contribution < 1.29 is 115 Å². The summed E-state index contributed by atoms with van der Waals surface area (Å²) in [6.07, 6.45) is 0. The van der Waals surface area contributed by atoms with Gasteiger partial charge >= 0.3 is 60.8 Å². The number of hydrogen-bond acceptors (Lipinski definition) is 10. The first-order valence-corrected chi connectivity index (χ1v) is 22.3. The smallest absolute Gasteiger partial charge is 0.324 e. The van der Waals surface area contributed by atoms with Crippen LogP contribution in [0.4, 0.5) is 0 Å². The quantitative estimate of drug-likeness (QED) is 0.0701. The second kappa shape index (κ2) is 12.5. The monoisotopic (exact) mass is 756 g/mol. The molecule has 0 aromatic rings. The molecule has 34 heteroatoms. The van der Waals surface area contributed by atoms with E-state index in [0.29, 0.717) is 5.32 Å². The molecule has 0 rings (SSSR count). The molecule has 0 aromatic heterocycles. The van der Waals surface area contributed by atoms with Gasteiger partial charge in [-0.1, -0.05) is 0 Å². The van der Waals surface area contributed by atoms with Gasteiger partial charge in [0.25, 0.3) is 0 Å². The van der Waals surface area contributed by atoms with Crippen LogP contribution in [-0.4, -0.2) is 112 Å². The minimum absolute atomic E-state index is 0.669. The van der Waals surface area contributed by atoms with Crippen molar-refractivity contribution in [3.63, 3.8) is 0 Å². The fourth-order valence-corrected chi connectivity index (χ4v) is 15.3. The number of rotatable bonds is 15. The van der Waals surface area contributed by atoms with Gasteiger partial charge in [0, 0.05) is 6.54 Å². The fourth-order valence-electron chi connectivity index (χ4n) is 3.41. The Morgan fingerprint density at radius 2 is 0.625 bits per heavy atom. The molecule has 0 spiro atoms. The molecular weight excluding hydrogens is 732 g/mol. The van der Waals surface area contributed by atoms with Crippen molar-refractivity contribution in [1.29, 1.82) is 0 Å². The molecule has 0 aliphatic carbocycles. The molecule has 0 aromatic carbocycles. The summed E-state index contributed by atoms with van der Waals surface area (Å²) < 4.78 is 95.9. The fraction of sp³-hybridized carbons (Fsp3) is 1.00. The topological polar surface area (TPSA) is 484 Å². The standard InChI is InChI=1S/C6H24N2O24P8/c9-33(10,11)2(34(12,13)14)6(3(35(15,16)17)36(18,19)20,8-5(39(27,28)29)40(30,31)32)1-7-4(37(21,22)23)38(24,25)26/h2-5,7-8H,1H2,(H2,9,10,11)(H2,12,13,14)(H2,15,16,17)(H2,18,19,20)(H2,21,22,23)(H2,24,25,26)(H2,27,28,29)(H2,30,31,32). The highest BCUT2D eigenvalue weighted by atomic mass is 31.3. The van der Waals surface area contributed by atoms with Gasteiger partial charge in [-0.15, -0.1) is 0 Å². The maximum absolute atomic E-state index is 12.2. The molecule has 0 heterocycles. The van der Waals surface area contributed by atoms with Gasteiger partial charge in [0.05, 0.1) is 5.54 Å². The van der Waals surface area contributed by atoms with Crippen LogP contribution in [-0.2, 0) is 36.5 Å². The molecule has 0 bridgehead atoms. The van der Waals surface area contributed by atoms with Crippen LogP contribution in [0.2, 0.25) is 0 Å². The molecule has 0 radical (unpaired) electrons. The van der Waals surface area contributed by atoms with Crippen molar-refractivity contribution in [3.05, 3.63) is 0 Å². The highest BCUT2D eigenvalue weighted by Gasteiger charge is 2.71. The molecule has 0 aliphatic rings. The highest BCUT2D eigenvalue weighted by molar-refractivity contribution is 7.73. The molecular formula is C6H24N2O24P8. The van der Waals surface area contributed by atoms with Crippen LogP contribution in [0.3, 0.4) is 0 Å². The molecule has 0 fully saturated rings. The van der Waals surface area contributed by atoms with Gasteiger partial charge in [0.2, 0.25) is 11.0 Å². The Hall–Kier alpha value is 1.12. The maximum Gasteiger partial charge on any atom is 0.354 e. The lowest BCUT2D eigenvalue weighted by molar-refractivity contribution is 0.223. The third-order valence-corrected chi connectivity index (χ3v) is 19.2. The van der Waals surface area contributed by atoms with Crippen LogP contribution in [0, 0.1) is 0 Å². The van der Waals surface area contributed by atoms with Gasteiger partial charge in [0.15, 0.2) is 10.8 Å². The van der Waals surface area contributed by atoms with Crippen molar-refractivity contribution in [2.45, 2.75) is 27.4 Å². The van der Waals surface area contributed by atoms with Crippen LogP contribution >= 0.6 is 60.8 Å². The van der Waals surface area contributed by atoms with Gasteiger partial charge in [-0.05, 0) is 0 Å². The molecule has 0 unspecified atom stereocenters. The zero-order valence-electron chi connectivity index (χ0n) is 18.5. The summed E-state index contributed by atoms with van der Waals surface area (Å²) in [5, 5.41) is -7.29. The second-order valence-corrected chi connectivity index (χ2v) is 23.0. The molecule has 18 N–H and O–H groups in total. The Morgan fingerprint density at radius 3 is 0.800 bits per heavy atom. The summed E-state index contributed by atoms with van der Waals surface area (Å²) in [6, 6.07) is 0. The Morgan fingerprint density at radius 1 is 0.400 bits per heavy atom. The third-order valence-electron chi connectivity index (χ3n) is 4.45. The average Bonchev–Trinajstić information content (AvgIpc) is 2.49. The first-order valence-electron chi connectivity index (χ1n) is 8.84. The molecule has 0 aliphatic heterocycles. The first-order chi connectivity index (χ1) is 16.9. The molecule has 26 nitrogen and oxygen atoms in total. The Balaban J connectivity index is 8.46. The normalized spacial score (nSPS) is 16.0. The largest absolute Gasteiger partial charge is 0.354 e. The Labute approximate surface area is 220 Å². The van der Waals surface area contributed by atoms with E-state index in [4.69, 9.17) is 0 Å². The predicted octanol–water partition coefficient (Wildman–Crippen LogP) is -4.45. The Kier molecular flexibility index (Phi) is 12.8. The van der Waals surface area contributed by atoms with Gasteiger partial charge in [-0.3, -0.25) is 47.2 Å². The summed E-state index contributed by atoms with van der Waals surface area (Å²) in [6.45, 7) is -2.70. The molecule has 0 amide bonds. The van der Waals surface area contributed by atoms with Gasteiger partial charge in [-0.2, -0.15) is 0 Å². The predicted molar refractivity (Wildman–Crippen MR) is 125 cm³/mol. The van der Waals surface area contributed by atoms with Crippen LogP contribution < -0.4 is 10.6 Å². The van der Waals surface area contributed by atoms with Crippen molar-refractivity contribution in [2.24, 2.45) is 0 Å². The second-order valence-electron chi connectivity index (χ2n) is 7.77. The van der Waals surface area contributed by atoms with Gasteiger partial charge < -0.3 is 78.3 Å². The molecule has 0 saturated carbocycles. The Bertz CT molecular complexity index is 1170. The van der Waals surface area contributed by atoms with Crippen molar-refractivity contribution >= 4 is 60.8 Å². The molecule has 242 valence electrons. The third kappa shape index (κ3) is 10.9. The number of hydrogen-bond donors (Lipinski definition) is 18. The molecule has 0 atom stereocenters. The van der Waals surface area contributed by atoms with Crippen molar-refractivity contribution in [1.82, 2.24) is 10.6 Å². The average molecular weight is 756 g/mol. The maximum atomic E-state index is 12.2. The summed E-state index contributed by atoms with van der Waals surface area (Å²) >= 11 is 0. The van der Waals surface area contributed by atoms with Crippen LogP contribution in [0.1, 0.15) is 0 Å². The van der Waals surface area contributed by atoms with Crippen LogP contribution in [0.15, 0.2) is 0 Å². The lowest BCUT2D eigenvalue weighted by Gasteiger charge is -2.48. The minimum atomic E-state index is -6.96. The van der Waals surface area contributed by atoms with E-state index in [-0.39, 0.29) is 0 Å². The van der Waals surface area contributed by atoms with E-state index in [2.05, 4.69) is 0 Å². The minimum Gasteiger partial charge on any atom is -0.324 e. The molecule has 0 saturated heterocycles. The lowest BCUT2D eigenvalue weighted by atomic mass is 10.0. The lowest BCUT2D eigenvalue weighted by Crippen LogP contribution is -2.68. The van der Waals surface area contributed by atoms with E-state index in [9.17, 15) is 115 Å². The van der Waals surface area contributed by atoms with E-state index in [1.165, 1.54) is 0 Å². The van der Waals surface area contributed by atoms with Crippen molar-refractivity contribution in [3.8, 4) is 0 Å². The zero-order valence-corrected chi connectivity index (χ0v) is 25.7. The van der Waals surface area contributed by atoms with Gasteiger partial charge in [-0.25, -0.2) is 0 Å². The molecule has 40 heavy (non-hydrogen) atoms. The SMILES string of the molecule is O=P(O)(O)C(NCC(NC(P(=O)(O)O)P(=O)(O)O)(C(P(=O)(O)O)P(=O)(O)O)C(P(=O)(O)O)P(=O)(O)O)P(=O)(O)O. The van der Waals surface area contributed by atoms with Crippen LogP contribution in [0.25, 0.3) is 0 Å². The first kappa shape index (κ1) is 41.1. The van der Waals surface area contributed by atoms with E-state index in [0.717, 1.165) is 5.32 Å². The number of nitrogens with one attached hydrogen (secondary N) is 2. The van der Waals surface area contributed by atoms with Crippen molar-refractivity contribution in [2.75, 3.05) is 6.54 Å². The zero-order chi connectivity index (χ0) is 32.9. The summed E-state index contributed by atoms with van der Waals surface area (Å²) in [7, 11) is -53.7. The van der Waals surface area contributed by atoms with Gasteiger partial charge in [0.1, 0.15) is 0 Å². The summed E-state index contributed by atoms with van der Waals surface area (Å²) in [4.78, 5) is 152. The summed E-state index contributed by atoms with van der Waals surface area (Å²) in [5.41, 5.74) is -12.7. The van der Waals surface area contributed by atoms with E-state index < -0.39 is 94.7 Å².